The van der Waals surface area contributed by atoms with Crippen molar-refractivity contribution in [2.75, 3.05) is 13.7 Å². The molecule has 0 N–H and O–H groups in total. The Morgan fingerprint density at radius 1 is 1.47 bits per heavy atom. The van der Waals surface area contributed by atoms with E-state index in [2.05, 4.69) is 10.1 Å². The molecule has 0 saturated heterocycles. The van der Waals surface area contributed by atoms with Crippen LogP contribution in [0.15, 0.2) is 4.52 Å². The molecule has 0 saturated carbocycles. The molecule has 17 heavy (non-hydrogen) atoms. The summed E-state index contributed by atoms with van der Waals surface area (Å²) in [6, 6.07) is 0. The van der Waals surface area contributed by atoms with Crippen LogP contribution in [0.25, 0.3) is 0 Å². The van der Waals surface area contributed by atoms with E-state index in [0.717, 1.165) is 0 Å². The van der Waals surface area contributed by atoms with Gasteiger partial charge in [0.05, 0.1) is 6.61 Å². The number of methoxy groups -OCH3 is 1. The molecule has 0 aromatic carbocycles. The number of hydrogen-bond acceptors (Lipinski definition) is 6. The molecular formula is C11H18N2O4. The number of esters is 1. The Labute approximate surface area is 100 Å². The highest BCUT2D eigenvalue weighted by Gasteiger charge is 2.30. The number of rotatable bonds is 6. The van der Waals surface area contributed by atoms with Gasteiger partial charge in [0.15, 0.2) is 0 Å². The van der Waals surface area contributed by atoms with E-state index >= 15 is 0 Å². The van der Waals surface area contributed by atoms with E-state index < -0.39 is 5.60 Å². The summed E-state index contributed by atoms with van der Waals surface area (Å²) >= 11 is 0. The third-order valence-electron chi connectivity index (χ3n) is 2.67. The van der Waals surface area contributed by atoms with Crippen LogP contribution in [0.4, 0.5) is 0 Å². The van der Waals surface area contributed by atoms with Gasteiger partial charge in [-0.1, -0.05) is 12.1 Å². The molecule has 6 nitrogen and oxygen atoms in total. The van der Waals surface area contributed by atoms with Crippen molar-refractivity contribution in [3.63, 3.8) is 0 Å². The van der Waals surface area contributed by atoms with Crippen molar-refractivity contribution in [2.45, 2.75) is 39.2 Å². The highest BCUT2D eigenvalue weighted by Crippen LogP contribution is 2.25. The lowest BCUT2D eigenvalue weighted by molar-refractivity contribution is -0.142. The van der Waals surface area contributed by atoms with Crippen molar-refractivity contribution in [1.29, 1.82) is 0 Å². The predicted octanol–water partition coefficient (Wildman–Crippen LogP) is 1.45. The van der Waals surface area contributed by atoms with Crippen LogP contribution in [-0.4, -0.2) is 29.8 Å². The SMILES string of the molecule is CCOC(=O)Cc1nc(C(C)(CC)OC)no1. The zero-order chi connectivity index (χ0) is 12.9. The minimum atomic E-state index is -0.587. The normalized spacial score (nSPS) is 14.4. The molecule has 1 atom stereocenters. The quantitative estimate of drug-likeness (QED) is 0.703. The van der Waals surface area contributed by atoms with Crippen LogP contribution in [0.5, 0.6) is 0 Å². The van der Waals surface area contributed by atoms with Crippen LogP contribution < -0.4 is 0 Å². The summed E-state index contributed by atoms with van der Waals surface area (Å²) in [5.74, 6) is 0.315. The average molecular weight is 242 g/mol. The number of nitrogens with zero attached hydrogens (tertiary/aromatic N) is 2. The standard InChI is InChI=1S/C11H18N2O4/c1-5-11(3,15-4)10-12-8(17-13-10)7-9(14)16-6-2/h5-7H2,1-4H3. The van der Waals surface area contributed by atoms with Gasteiger partial charge in [0.2, 0.25) is 11.7 Å². The van der Waals surface area contributed by atoms with E-state index in [-0.39, 0.29) is 18.3 Å². The molecule has 0 amide bonds. The molecule has 0 spiro atoms. The highest BCUT2D eigenvalue weighted by molar-refractivity contribution is 5.71. The van der Waals surface area contributed by atoms with Crippen molar-refractivity contribution in [2.24, 2.45) is 0 Å². The fourth-order valence-electron chi connectivity index (χ4n) is 1.27. The number of carbonyl (C=O) groups is 1. The third kappa shape index (κ3) is 3.26. The summed E-state index contributed by atoms with van der Waals surface area (Å²) in [6.45, 7) is 5.91. The Morgan fingerprint density at radius 3 is 2.71 bits per heavy atom. The van der Waals surface area contributed by atoms with Crippen molar-refractivity contribution in [3.05, 3.63) is 11.7 Å². The van der Waals surface area contributed by atoms with Crippen molar-refractivity contribution in [3.8, 4) is 0 Å². The second kappa shape index (κ2) is 5.77. The second-order valence-electron chi connectivity index (χ2n) is 3.78. The Bertz CT molecular complexity index is 371. The predicted molar refractivity (Wildman–Crippen MR) is 59.3 cm³/mol. The molecule has 6 heteroatoms. The molecule has 0 bridgehead atoms. The van der Waals surface area contributed by atoms with E-state index in [1.54, 1.807) is 14.0 Å². The third-order valence-corrected chi connectivity index (χ3v) is 2.67. The van der Waals surface area contributed by atoms with E-state index in [9.17, 15) is 4.79 Å². The Balaban J connectivity index is 2.74. The summed E-state index contributed by atoms with van der Waals surface area (Å²) in [4.78, 5) is 15.4. The maximum atomic E-state index is 11.2. The first kappa shape index (κ1) is 13.6. The first-order valence-electron chi connectivity index (χ1n) is 5.59. The van der Waals surface area contributed by atoms with Gasteiger partial charge in [-0.25, -0.2) is 0 Å². The average Bonchev–Trinajstić information content (AvgIpc) is 2.77. The molecule has 1 aromatic rings. The number of aromatic nitrogens is 2. The lowest BCUT2D eigenvalue weighted by atomic mass is 10.0. The monoisotopic (exact) mass is 242 g/mol. The Morgan fingerprint density at radius 2 is 2.18 bits per heavy atom. The highest BCUT2D eigenvalue weighted by atomic mass is 16.5. The van der Waals surface area contributed by atoms with Gasteiger partial charge < -0.3 is 14.0 Å². The van der Waals surface area contributed by atoms with Crippen LogP contribution in [0.1, 0.15) is 38.9 Å². The van der Waals surface area contributed by atoms with Gasteiger partial charge in [-0.2, -0.15) is 4.98 Å². The molecule has 1 aromatic heterocycles. The van der Waals surface area contributed by atoms with Gasteiger partial charge >= 0.3 is 5.97 Å². The number of carbonyl (C=O) groups excluding carboxylic acids is 1. The van der Waals surface area contributed by atoms with Gasteiger partial charge in [0, 0.05) is 7.11 Å². The van der Waals surface area contributed by atoms with Crippen LogP contribution in [0, 0.1) is 0 Å². The smallest absolute Gasteiger partial charge is 0.315 e. The van der Waals surface area contributed by atoms with Crippen LogP contribution in [0.3, 0.4) is 0 Å². The molecule has 1 unspecified atom stereocenters. The second-order valence-corrected chi connectivity index (χ2v) is 3.78. The van der Waals surface area contributed by atoms with E-state index in [1.807, 2.05) is 13.8 Å². The summed E-state index contributed by atoms with van der Waals surface area (Å²) < 4.78 is 15.1. The molecule has 1 heterocycles. The van der Waals surface area contributed by atoms with Crippen LogP contribution in [-0.2, 0) is 26.3 Å². The summed E-state index contributed by atoms with van der Waals surface area (Å²) in [6.07, 6.45) is 0.701. The molecule has 0 aliphatic carbocycles. The van der Waals surface area contributed by atoms with Gasteiger partial charge in [-0.15, -0.1) is 0 Å². The van der Waals surface area contributed by atoms with E-state index in [4.69, 9.17) is 14.0 Å². The lowest BCUT2D eigenvalue weighted by Crippen LogP contribution is -2.24. The maximum absolute atomic E-state index is 11.2. The summed E-state index contributed by atoms with van der Waals surface area (Å²) in [7, 11) is 1.59. The molecule has 1 rings (SSSR count). The molecule has 0 radical (unpaired) electrons. The lowest BCUT2D eigenvalue weighted by Gasteiger charge is -2.21. The maximum Gasteiger partial charge on any atom is 0.315 e. The molecule has 0 aliphatic rings. The van der Waals surface area contributed by atoms with Crippen molar-refractivity contribution in [1.82, 2.24) is 10.1 Å². The van der Waals surface area contributed by atoms with Crippen LogP contribution >= 0.6 is 0 Å². The minimum Gasteiger partial charge on any atom is -0.466 e. The summed E-state index contributed by atoms with van der Waals surface area (Å²) in [5, 5.41) is 3.82. The Hall–Kier alpha value is -1.43. The van der Waals surface area contributed by atoms with Gasteiger partial charge in [-0.3, -0.25) is 4.79 Å². The van der Waals surface area contributed by atoms with E-state index in [0.29, 0.717) is 18.9 Å². The minimum absolute atomic E-state index is 0.00957. The first-order valence-corrected chi connectivity index (χ1v) is 5.59. The molecule has 0 aliphatic heterocycles. The zero-order valence-electron chi connectivity index (χ0n) is 10.6. The number of hydrogen-bond donors (Lipinski definition) is 0. The molecule has 96 valence electrons. The first-order chi connectivity index (χ1) is 8.05. The number of ether oxygens (including phenoxy) is 2. The van der Waals surface area contributed by atoms with Crippen molar-refractivity contribution >= 4 is 5.97 Å². The summed E-state index contributed by atoms with van der Waals surface area (Å²) in [5.41, 5.74) is -0.587. The van der Waals surface area contributed by atoms with Crippen molar-refractivity contribution < 1.29 is 18.8 Å². The Kier molecular flexibility index (Phi) is 4.62. The van der Waals surface area contributed by atoms with Gasteiger partial charge in [-0.05, 0) is 20.3 Å². The molecular weight excluding hydrogens is 224 g/mol. The van der Waals surface area contributed by atoms with Gasteiger partial charge in [0.1, 0.15) is 12.0 Å². The molecule has 0 fully saturated rings. The van der Waals surface area contributed by atoms with Gasteiger partial charge in [0.25, 0.3) is 0 Å². The topological polar surface area (TPSA) is 74.5 Å². The zero-order valence-corrected chi connectivity index (χ0v) is 10.6. The fraction of sp³-hybridized carbons (Fsp3) is 0.727. The van der Waals surface area contributed by atoms with Crippen LogP contribution in [0.2, 0.25) is 0 Å². The fourth-order valence-corrected chi connectivity index (χ4v) is 1.27. The van der Waals surface area contributed by atoms with E-state index in [1.165, 1.54) is 0 Å². The largest absolute Gasteiger partial charge is 0.466 e.